The Bertz CT molecular complexity index is 1320. The molecule has 0 unspecified atom stereocenters. The maximum atomic E-state index is 13.4. The molecule has 0 saturated heterocycles. The van der Waals surface area contributed by atoms with Gasteiger partial charge in [-0.1, -0.05) is 31.6 Å². The fourth-order valence-electron chi connectivity index (χ4n) is 8.64. The molecule has 1 aromatic rings. The molecule has 3 saturated carbocycles. The molecule has 3 N–H and O–H groups in total. The van der Waals surface area contributed by atoms with Crippen LogP contribution < -0.4 is 5.32 Å². The summed E-state index contributed by atoms with van der Waals surface area (Å²) in [5.41, 5.74) is 0.0103. The Morgan fingerprint density at radius 1 is 0.952 bits per heavy atom. The largest absolute Gasteiger partial charge is 0.478 e. The van der Waals surface area contributed by atoms with E-state index >= 15 is 0 Å². The van der Waals surface area contributed by atoms with Crippen LogP contribution in [0.2, 0.25) is 0 Å². The van der Waals surface area contributed by atoms with Crippen molar-refractivity contribution in [3.63, 3.8) is 0 Å². The molecule has 9 nitrogen and oxygen atoms in total. The van der Waals surface area contributed by atoms with Gasteiger partial charge in [-0.05, 0) is 91.9 Å². The summed E-state index contributed by atoms with van der Waals surface area (Å²) in [6.45, 7) is 4.00. The predicted molar refractivity (Wildman–Crippen MR) is 152 cm³/mol. The highest BCUT2D eigenvalue weighted by molar-refractivity contribution is 5.92. The summed E-state index contributed by atoms with van der Waals surface area (Å²) in [5.74, 6) is -1.31. The number of amides is 1. The summed E-state index contributed by atoms with van der Waals surface area (Å²) in [5, 5.41) is 23.4. The second-order valence-electron chi connectivity index (χ2n) is 13.2. The van der Waals surface area contributed by atoms with Crippen molar-refractivity contribution >= 4 is 29.4 Å². The van der Waals surface area contributed by atoms with Crippen molar-refractivity contribution in [3.8, 4) is 0 Å². The van der Waals surface area contributed by atoms with Crippen LogP contribution in [0.4, 0.5) is 0 Å². The van der Waals surface area contributed by atoms with E-state index in [-0.39, 0.29) is 48.0 Å². The third-order valence-electron chi connectivity index (χ3n) is 11.2. The molecule has 0 radical (unpaired) electrons. The summed E-state index contributed by atoms with van der Waals surface area (Å²) in [7, 11) is 0. The molecule has 5 rings (SSSR count). The lowest BCUT2D eigenvalue weighted by Gasteiger charge is -2.58. The molecule has 6 atom stereocenters. The fourth-order valence-corrected chi connectivity index (χ4v) is 8.64. The number of nitrogens with one attached hydrogen (secondary N) is 1. The van der Waals surface area contributed by atoms with E-state index in [4.69, 9.17) is 9.84 Å². The molecule has 42 heavy (non-hydrogen) atoms. The standard InChI is InChI=1S/C33H41NO8/c1-31-14-11-23(35)17-22(31)7-8-24-25(31)12-15-32(2)26(24)13-16-33(32,41)27(36)19-42-29(38)10-9-28(37)34-18-20-3-5-21(6-4-20)30(39)40/h3-6,17,24-26,41H,7-16,18-19H2,1-2H3,(H,34,37)(H,39,40)/t24-,25+,26+,31+,32+,33+/m1/s1. The summed E-state index contributed by atoms with van der Waals surface area (Å²) in [4.78, 5) is 61.0. The van der Waals surface area contributed by atoms with Crippen LogP contribution in [0.25, 0.3) is 0 Å². The van der Waals surface area contributed by atoms with Crippen LogP contribution in [-0.2, 0) is 30.5 Å². The van der Waals surface area contributed by atoms with Crippen molar-refractivity contribution in [2.45, 2.75) is 90.2 Å². The highest BCUT2D eigenvalue weighted by Crippen LogP contribution is 2.67. The number of hydrogen-bond donors (Lipinski definition) is 3. The topological polar surface area (TPSA) is 147 Å². The minimum absolute atomic E-state index is 0.00959. The molecule has 0 spiro atoms. The first kappa shape index (κ1) is 30.1. The predicted octanol–water partition coefficient (Wildman–Crippen LogP) is 4.16. The SMILES string of the molecule is C[C@]12CCC(=O)C=C1CC[C@@H]1[C@@H]2CC[C@@]2(C)[C@H]1CC[C@]2(O)C(=O)COC(=O)CCC(=O)NCc1ccc(C(=O)O)cc1. The van der Waals surface area contributed by atoms with Crippen LogP contribution in [0.5, 0.6) is 0 Å². The Morgan fingerprint density at radius 3 is 2.38 bits per heavy atom. The minimum Gasteiger partial charge on any atom is -0.478 e. The van der Waals surface area contributed by atoms with Crippen LogP contribution in [0, 0.1) is 28.6 Å². The average molecular weight is 580 g/mol. The van der Waals surface area contributed by atoms with E-state index in [1.54, 1.807) is 12.1 Å². The Morgan fingerprint density at radius 2 is 1.67 bits per heavy atom. The van der Waals surface area contributed by atoms with Gasteiger partial charge in [0.1, 0.15) is 5.60 Å². The third kappa shape index (κ3) is 5.32. The van der Waals surface area contributed by atoms with E-state index in [9.17, 15) is 29.1 Å². The maximum absolute atomic E-state index is 13.4. The molecule has 1 amide bonds. The van der Waals surface area contributed by atoms with Gasteiger partial charge in [-0.3, -0.25) is 19.2 Å². The number of carbonyl (C=O) groups is 5. The molecular weight excluding hydrogens is 538 g/mol. The Hall–Kier alpha value is -3.33. The van der Waals surface area contributed by atoms with Crippen LogP contribution in [-0.4, -0.2) is 51.8 Å². The molecule has 3 fully saturated rings. The van der Waals surface area contributed by atoms with Crippen molar-refractivity contribution in [3.05, 3.63) is 47.0 Å². The van der Waals surface area contributed by atoms with Gasteiger partial charge in [-0.25, -0.2) is 4.79 Å². The van der Waals surface area contributed by atoms with Crippen LogP contribution in [0.15, 0.2) is 35.9 Å². The third-order valence-corrected chi connectivity index (χ3v) is 11.2. The quantitative estimate of drug-likeness (QED) is 0.370. The number of aliphatic hydroxyl groups is 1. The van der Waals surface area contributed by atoms with E-state index in [1.165, 1.54) is 17.7 Å². The number of ketones is 2. The van der Waals surface area contributed by atoms with Crippen LogP contribution in [0.3, 0.4) is 0 Å². The van der Waals surface area contributed by atoms with Gasteiger partial charge in [0.2, 0.25) is 11.7 Å². The number of fused-ring (bicyclic) bond motifs is 5. The first-order valence-electron chi connectivity index (χ1n) is 15.1. The first-order chi connectivity index (χ1) is 19.9. The van der Waals surface area contributed by atoms with E-state index in [0.29, 0.717) is 31.1 Å². The van der Waals surface area contributed by atoms with Gasteiger partial charge in [0.05, 0.1) is 12.0 Å². The number of Topliss-reactive ketones (excluding diaryl/α,β-unsaturated/α-hetero) is 1. The molecule has 4 aliphatic rings. The summed E-state index contributed by atoms with van der Waals surface area (Å²) in [6, 6.07) is 6.12. The van der Waals surface area contributed by atoms with Gasteiger partial charge >= 0.3 is 11.9 Å². The van der Waals surface area contributed by atoms with E-state index < -0.39 is 35.3 Å². The lowest BCUT2D eigenvalue weighted by molar-refractivity contribution is -0.170. The van der Waals surface area contributed by atoms with Gasteiger partial charge in [-0.15, -0.1) is 0 Å². The smallest absolute Gasteiger partial charge is 0.335 e. The first-order valence-corrected chi connectivity index (χ1v) is 15.1. The normalized spacial score (nSPS) is 33.5. The van der Waals surface area contributed by atoms with E-state index in [2.05, 4.69) is 12.2 Å². The molecule has 9 heteroatoms. The van der Waals surface area contributed by atoms with Gasteiger partial charge in [0, 0.05) is 24.8 Å². The number of hydrogen-bond acceptors (Lipinski definition) is 7. The van der Waals surface area contributed by atoms with Gasteiger partial charge < -0.3 is 20.3 Å². The van der Waals surface area contributed by atoms with Gasteiger partial charge in [0.15, 0.2) is 12.4 Å². The number of ether oxygens (including phenoxy) is 1. The number of carboxylic acids is 1. The van der Waals surface area contributed by atoms with Crippen molar-refractivity contribution in [2.24, 2.45) is 28.6 Å². The number of allylic oxidation sites excluding steroid dienone is 1. The maximum Gasteiger partial charge on any atom is 0.335 e. The number of esters is 1. The van der Waals surface area contributed by atoms with E-state index in [0.717, 1.165) is 37.7 Å². The molecule has 226 valence electrons. The van der Waals surface area contributed by atoms with Crippen molar-refractivity contribution in [1.82, 2.24) is 5.32 Å². The Balaban J connectivity index is 1.11. The molecule has 4 aliphatic carbocycles. The van der Waals surface area contributed by atoms with E-state index in [1.807, 2.05) is 13.0 Å². The van der Waals surface area contributed by atoms with Gasteiger partial charge in [-0.2, -0.15) is 0 Å². The van der Waals surface area contributed by atoms with Gasteiger partial charge in [0.25, 0.3) is 0 Å². The number of carbonyl (C=O) groups excluding carboxylic acids is 4. The number of rotatable bonds is 9. The van der Waals surface area contributed by atoms with Crippen LogP contribution >= 0.6 is 0 Å². The zero-order chi connectivity index (χ0) is 30.3. The number of carboxylic acid groups (broad SMARTS) is 1. The Labute approximate surface area is 246 Å². The van der Waals surface area contributed by atoms with Crippen molar-refractivity contribution in [2.75, 3.05) is 6.61 Å². The number of benzene rings is 1. The lowest BCUT2D eigenvalue weighted by Crippen LogP contribution is -2.58. The lowest BCUT2D eigenvalue weighted by atomic mass is 9.46. The second-order valence-corrected chi connectivity index (χ2v) is 13.2. The highest BCUT2D eigenvalue weighted by Gasteiger charge is 2.66. The molecule has 0 aliphatic heterocycles. The van der Waals surface area contributed by atoms with Crippen molar-refractivity contribution < 1.29 is 38.9 Å². The van der Waals surface area contributed by atoms with Crippen molar-refractivity contribution in [1.29, 1.82) is 0 Å². The summed E-state index contributed by atoms with van der Waals surface area (Å²) < 4.78 is 5.23. The zero-order valence-corrected chi connectivity index (χ0v) is 24.4. The highest BCUT2D eigenvalue weighted by atomic mass is 16.5. The molecule has 0 bridgehead atoms. The molecule has 0 heterocycles. The summed E-state index contributed by atoms with van der Waals surface area (Å²) >= 11 is 0. The zero-order valence-electron chi connectivity index (χ0n) is 24.4. The molecular formula is C33H41NO8. The monoisotopic (exact) mass is 579 g/mol. The van der Waals surface area contributed by atoms with Crippen LogP contribution in [0.1, 0.15) is 94.0 Å². The number of aromatic carboxylic acids is 1. The molecule has 0 aromatic heterocycles. The summed E-state index contributed by atoms with van der Waals surface area (Å²) in [6.07, 6.45) is 7.59. The minimum atomic E-state index is -1.56. The fraction of sp³-hybridized carbons (Fsp3) is 0.606. The second kappa shape index (κ2) is 11.4. The Kier molecular flexibility index (Phi) is 8.18. The average Bonchev–Trinajstić information content (AvgIpc) is 3.25. The molecule has 1 aromatic carbocycles.